The van der Waals surface area contributed by atoms with E-state index in [4.69, 9.17) is 9.15 Å². The fraction of sp³-hybridized carbons (Fsp3) is 0.600. The van der Waals surface area contributed by atoms with E-state index in [9.17, 15) is 9.59 Å². The molecule has 0 aromatic carbocycles. The summed E-state index contributed by atoms with van der Waals surface area (Å²) < 4.78 is 10.3. The predicted molar refractivity (Wildman–Crippen MR) is 73.3 cm³/mol. The highest BCUT2D eigenvalue weighted by molar-refractivity contribution is 5.95. The van der Waals surface area contributed by atoms with E-state index >= 15 is 0 Å². The molecule has 2 heterocycles. The first-order valence-electron chi connectivity index (χ1n) is 7.19. The number of likely N-dealkylation sites (tertiary alicyclic amines) is 1. The van der Waals surface area contributed by atoms with Crippen LogP contribution in [-0.4, -0.2) is 36.5 Å². The minimum atomic E-state index is -0.142. The molecule has 1 aromatic rings. The number of esters is 1. The lowest BCUT2D eigenvalue weighted by molar-refractivity contribution is -0.149. The van der Waals surface area contributed by atoms with E-state index in [-0.39, 0.29) is 17.8 Å². The zero-order valence-electron chi connectivity index (χ0n) is 12.1. The molecule has 2 rings (SSSR count). The highest BCUT2D eigenvalue weighted by Gasteiger charge is 2.29. The second-order valence-corrected chi connectivity index (χ2v) is 4.93. The molecule has 1 fully saturated rings. The van der Waals surface area contributed by atoms with Crippen molar-refractivity contribution in [3.63, 3.8) is 0 Å². The second-order valence-electron chi connectivity index (χ2n) is 4.93. The van der Waals surface area contributed by atoms with Crippen LogP contribution in [0, 0.1) is 5.92 Å². The van der Waals surface area contributed by atoms with Gasteiger partial charge in [0.05, 0.1) is 24.4 Å². The Morgan fingerprint density at radius 1 is 1.35 bits per heavy atom. The minimum Gasteiger partial charge on any atom is -0.469 e. The van der Waals surface area contributed by atoms with Crippen molar-refractivity contribution in [2.45, 2.75) is 33.1 Å². The van der Waals surface area contributed by atoms with Crippen molar-refractivity contribution in [1.29, 1.82) is 0 Å². The highest BCUT2D eigenvalue weighted by atomic mass is 16.5. The molecule has 0 aliphatic carbocycles. The summed E-state index contributed by atoms with van der Waals surface area (Å²) >= 11 is 0. The van der Waals surface area contributed by atoms with Crippen molar-refractivity contribution in [1.82, 2.24) is 4.90 Å². The zero-order valence-corrected chi connectivity index (χ0v) is 12.1. The molecule has 110 valence electrons. The SMILES string of the molecule is CCOC(=O)C1CCN(C(=O)c2ccoc2CC)CC1. The molecule has 0 bridgehead atoms. The average Bonchev–Trinajstić information content (AvgIpc) is 2.95. The van der Waals surface area contributed by atoms with Gasteiger partial charge in [-0.2, -0.15) is 0 Å². The molecule has 0 unspecified atom stereocenters. The van der Waals surface area contributed by atoms with Crippen LogP contribution in [-0.2, 0) is 16.0 Å². The smallest absolute Gasteiger partial charge is 0.309 e. The highest BCUT2D eigenvalue weighted by Crippen LogP contribution is 2.22. The molecule has 1 aromatic heterocycles. The Kier molecular flexibility index (Phi) is 4.82. The third-order valence-electron chi connectivity index (χ3n) is 3.70. The third kappa shape index (κ3) is 3.03. The third-order valence-corrected chi connectivity index (χ3v) is 3.70. The van der Waals surface area contributed by atoms with Crippen molar-refractivity contribution < 1.29 is 18.7 Å². The van der Waals surface area contributed by atoms with Crippen LogP contribution in [0.5, 0.6) is 0 Å². The monoisotopic (exact) mass is 279 g/mol. The number of nitrogens with zero attached hydrogens (tertiary/aromatic N) is 1. The van der Waals surface area contributed by atoms with Crippen LogP contribution in [0.15, 0.2) is 16.7 Å². The van der Waals surface area contributed by atoms with Gasteiger partial charge in [0.25, 0.3) is 5.91 Å². The molecule has 0 spiro atoms. The number of hydrogen-bond acceptors (Lipinski definition) is 4. The lowest BCUT2D eigenvalue weighted by atomic mass is 9.96. The normalized spacial score (nSPS) is 16.2. The summed E-state index contributed by atoms with van der Waals surface area (Å²) in [5.74, 6) is 0.506. The van der Waals surface area contributed by atoms with Crippen LogP contribution in [0.3, 0.4) is 0 Å². The number of furan rings is 1. The van der Waals surface area contributed by atoms with Crippen molar-refractivity contribution in [3.05, 3.63) is 23.7 Å². The largest absolute Gasteiger partial charge is 0.469 e. The maximum Gasteiger partial charge on any atom is 0.309 e. The van der Waals surface area contributed by atoms with Crippen LogP contribution in [0.1, 0.15) is 42.8 Å². The van der Waals surface area contributed by atoms with Gasteiger partial charge in [-0.05, 0) is 25.8 Å². The molecule has 5 nitrogen and oxygen atoms in total. The first-order chi connectivity index (χ1) is 9.67. The van der Waals surface area contributed by atoms with Crippen LogP contribution in [0.25, 0.3) is 0 Å². The summed E-state index contributed by atoms with van der Waals surface area (Å²) in [5.41, 5.74) is 0.641. The summed E-state index contributed by atoms with van der Waals surface area (Å²) in [5, 5.41) is 0. The summed E-state index contributed by atoms with van der Waals surface area (Å²) in [6.45, 7) is 5.37. The molecular formula is C15H21NO4. The Balaban J connectivity index is 1.94. The van der Waals surface area contributed by atoms with Gasteiger partial charge in [-0.3, -0.25) is 9.59 Å². The van der Waals surface area contributed by atoms with E-state index in [1.165, 1.54) is 0 Å². The average molecular weight is 279 g/mol. The zero-order chi connectivity index (χ0) is 14.5. The number of carbonyl (C=O) groups excluding carboxylic acids is 2. The fourth-order valence-electron chi connectivity index (χ4n) is 2.55. The van der Waals surface area contributed by atoms with Gasteiger partial charge in [0, 0.05) is 19.5 Å². The Morgan fingerprint density at radius 2 is 2.05 bits per heavy atom. The van der Waals surface area contributed by atoms with E-state index in [1.54, 1.807) is 17.2 Å². The van der Waals surface area contributed by atoms with Gasteiger partial charge in [-0.15, -0.1) is 0 Å². The molecule has 0 atom stereocenters. The molecule has 20 heavy (non-hydrogen) atoms. The Hall–Kier alpha value is -1.78. The van der Waals surface area contributed by atoms with Gasteiger partial charge in [0.2, 0.25) is 0 Å². The molecule has 0 N–H and O–H groups in total. The maximum atomic E-state index is 12.4. The summed E-state index contributed by atoms with van der Waals surface area (Å²) in [6.07, 6.45) is 3.60. The van der Waals surface area contributed by atoms with Gasteiger partial charge >= 0.3 is 5.97 Å². The van der Waals surface area contributed by atoms with E-state index in [1.807, 2.05) is 13.8 Å². The van der Waals surface area contributed by atoms with Crippen LogP contribution in [0.4, 0.5) is 0 Å². The number of aryl methyl sites for hydroxylation is 1. The van der Waals surface area contributed by atoms with E-state index < -0.39 is 0 Å². The summed E-state index contributed by atoms with van der Waals surface area (Å²) in [6, 6.07) is 1.72. The van der Waals surface area contributed by atoms with E-state index in [0.717, 1.165) is 5.76 Å². The summed E-state index contributed by atoms with van der Waals surface area (Å²) in [4.78, 5) is 25.8. The molecule has 1 aliphatic heterocycles. The standard InChI is InChI=1S/C15H21NO4/c1-3-13-12(7-10-20-13)14(17)16-8-5-11(6-9-16)15(18)19-4-2/h7,10-11H,3-6,8-9H2,1-2H3. The Labute approximate surface area is 118 Å². The number of amides is 1. The summed E-state index contributed by atoms with van der Waals surface area (Å²) in [7, 11) is 0. The molecule has 0 saturated carbocycles. The lowest BCUT2D eigenvalue weighted by Crippen LogP contribution is -2.40. The first kappa shape index (κ1) is 14.6. The minimum absolute atomic E-state index is 0.00194. The Bertz CT molecular complexity index is 472. The van der Waals surface area contributed by atoms with Crippen molar-refractivity contribution in [3.8, 4) is 0 Å². The molecular weight excluding hydrogens is 258 g/mol. The first-order valence-corrected chi connectivity index (χ1v) is 7.19. The molecule has 1 saturated heterocycles. The number of piperidine rings is 1. The predicted octanol–water partition coefficient (Wildman–Crippen LogP) is 2.26. The van der Waals surface area contributed by atoms with Gasteiger partial charge in [0.15, 0.2) is 0 Å². The molecule has 1 aliphatic rings. The second kappa shape index (κ2) is 6.59. The maximum absolute atomic E-state index is 12.4. The van der Waals surface area contributed by atoms with Crippen LogP contribution in [0.2, 0.25) is 0 Å². The Morgan fingerprint density at radius 3 is 2.65 bits per heavy atom. The van der Waals surface area contributed by atoms with E-state index in [0.29, 0.717) is 44.5 Å². The molecule has 1 amide bonds. The number of ether oxygens (including phenoxy) is 1. The lowest BCUT2D eigenvalue weighted by Gasteiger charge is -2.30. The van der Waals surface area contributed by atoms with Crippen LogP contribution < -0.4 is 0 Å². The van der Waals surface area contributed by atoms with Gasteiger partial charge in [-0.25, -0.2) is 0 Å². The fourth-order valence-corrected chi connectivity index (χ4v) is 2.55. The van der Waals surface area contributed by atoms with Gasteiger partial charge in [-0.1, -0.05) is 6.92 Å². The van der Waals surface area contributed by atoms with Crippen molar-refractivity contribution in [2.24, 2.45) is 5.92 Å². The van der Waals surface area contributed by atoms with Crippen molar-refractivity contribution in [2.75, 3.05) is 19.7 Å². The van der Waals surface area contributed by atoms with Crippen LogP contribution >= 0.6 is 0 Å². The van der Waals surface area contributed by atoms with E-state index in [2.05, 4.69) is 0 Å². The van der Waals surface area contributed by atoms with Crippen molar-refractivity contribution >= 4 is 11.9 Å². The van der Waals surface area contributed by atoms with Gasteiger partial charge in [0.1, 0.15) is 5.76 Å². The number of hydrogen-bond donors (Lipinski definition) is 0. The van der Waals surface area contributed by atoms with Gasteiger partial charge < -0.3 is 14.1 Å². The quantitative estimate of drug-likeness (QED) is 0.793. The topological polar surface area (TPSA) is 59.8 Å². The number of rotatable bonds is 4. The number of carbonyl (C=O) groups is 2. The molecule has 5 heteroatoms. The molecule has 0 radical (unpaired) electrons.